The first-order valence-electron chi connectivity index (χ1n) is 6.17. The number of benzene rings is 1. The van der Waals surface area contributed by atoms with Crippen LogP contribution < -0.4 is 0 Å². The van der Waals surface area contributed by atoms with Crippen LogP contribution in [0.4, 0.5) is 0 Å². The van der Waals surface area contributed by atoms with Gasteiger partial charge >= 0.3 is 0 Å². The van der Waals surface area contributed by atoms with Crippen molar-refractivity contribution < 1.29 is 5.11 Å². The zero-order chi connectivity index (χ0) is 11.4. The maximum absolute atomic E-state index is 10.1. The molecular weight excluding hydrogens is 216 g/mol. The molecule has 1 saturated carbocycles. The fraction of sp³-hybridized carbons (Fsp3) is 0.571. The first-order chi connectivity index (χ1) is 7.75. The van der Waals surface area contributed by atoms with E-state index in [1.807, 2.05) is 11.8 Å². The summed E-state index contributed by atoms with van der Waals surface area (Å²) in [6.07, 6.45) is 5.74. The van der Waals surface area contributed by atoms with Crippen LogP contribution in [0.1, 0.15) is 37.7 Å². The molecule has 0 saturated heterocycles. The van der Waals surface area contributed by atoms with Crippen molar-refractivity contribution in [3.8, 4) is 0 Å². The smallest absolute Gasteiger partial charge is 0.0662 e. The van der Waals surface area contributed by atoms with E-state index in [9.17, 15) is 5.11 Å². The van der Waals surface area contributed by atoms with Gasteiger partial charge in [0.2, 0.25) is 0 Å². The van der Waals surface area contributed by atoms with E-state index in [0.717, 1.165) is 12.8 Å². The molecule has 1 aromatic rings. The number of aliphatic hydroxyl groups is 1. The van der Waals surface area contributed by atoms with Crippen molar-refractivity contribution in [3.63, 3.8) is 0 Å². The van der Waals surface area contributed by atoms with Gasteiger partial charge in [0.25, 0.3) is 0 Å². The summed E-state index contributed by atoms with van der Waals surface area (Å²) in [5.41, 5.74) is 1.30. The standard InChI is InChI=1S/C14H20OS/c1-11-6-5-7-12(10-11)16-14-9-4-2-3-8-13(14)15/h5-7,10,13-15H,2-4,8-9H2,1H3. The van der Waals surface area contributed by atoms with Crippen LogP contribution in [0.2, 0.25) is 0 Å². The van der Waals surface area contributed by atoms with Gasteiger partial charge in [-0.05, 0) is 31.9 Å². The van der Waals surface area contributed by atoms with Crippen molar-refractivity contribution in [2.75, 3.05) is 0 Å². The van der Waals surface area contributed by atoms with Crippen molar-refractivity contribution in [1.29, 1.82) is 0 Å². The Bertz CT molecular complexity index is 337. The monoisotopic (exact) mass is 236 g/mol. The molecule has 1 aliphatic rings. The molecule has 0 amide bonds. The minimum atomic E-state index is -0.118. The second-order valence-electron chi connectivity index (χ2n) is 4.68. The Morgan fingerprint density at radius 3 is 2.81 bits per heavy atom. The maximum atomic E-state index is 10.1. The molecule has 16 heavy (non-hydrogen) atoms. The topological polar surface area (TPSA) is 20.2 Å². The molecule has 0 aliphatic heterocycles. The summed E-state index contributed by atoms with van der Waals surface area (Å²) >= 11 is 1.85. The molecule has 1 nitrogen and oxygen atoms in total. The predicted octanol–water partition coefficient (Wildman–Crippen LogP) is 3.78. The summed E-state index contributed by atoms with van der Waals surface area (Å²) in [6.45, 7) is 2.12. The summed E-state index contributed by atoms with van der Waals surface area (Å²) in [5, 5.41) is 10.5. The highest BCUT2D eigenvalue weighted by Crippen LogP contribution is 2.33. The first-order valence-corrected chi connectivity index (χ1v) is 7.05. The van der Waals surface area contributed by atoms with Crippen LogP contribution in [-0.2, 0) is 0 Å². The predicted molar refractivity (Wildman–Crippen MR) is 69.9 cm³/mol. The highest BCUT2D eigenvalue weighted by molar-refractivity contribution is 8.00. The summed E-state index contributed by atoms with van der Waals surface area (Å²) < 4.78 is 0. The summed E-state index contributed by atoms with van der Waals surface area (Å²) in [7, 11) is 0. The Labute approximate surface area is 102 Å². The maximum Gasteiger partial charge on any atom is 0.0662 e. The van der Waals surface area contributed by atoms with Crippen LogP contribution in [0, 0.1) is 6.92 Å². The second-order valence-corrected chi connectivity index (χ2v) is 5.99. The lowest BCUT2D eigenvalue weighted by molar-refractivity contribution is 0.163. The van der Waals surface area contributed by atoms with E-state index >= 15 is 0 Å². The fourth-order valence-corrected chi connectivity index (χ4v) is 3.59. The normalized spacial score (nSPS) is 26.4. The van der Waals surface area contributed by atoms with E-state index in [1.165, 1.54) is 29.7 Å². The van der Waals surface area contributed by atoms with Crippen LogP contribution >= 0.6 is 11.8 Å². The molecule has 2 unspecified atom stereocenters. The van der Waals surface area contributed by atoms with Gasteiger partial charge in [0.15, 0.2) is 0 Å². The minimum Gasteiger partial charge on any atom is -0.392 e. The van der Waals surface area contributed by atoms with Crippen molar-refractivity contribution in [2.45, 2.75) is 55.3 Å². The van der Waals surface area contributed by atoms with Gasteiger partial charge in [-0.1, -0.05) is 37.0 Å². The number of thioether (sulfide) groups is 1. The van der Waals surface area contributed by atoms with E-state index in [2.05, 4.69) is 31.2 Å². The fourth-order valence-electron chi connectivity index (χ4n) is 2.25. The summed E-state index contributed by atoms with van der Waals surface area (Å²) in [5.74, 6) is 0. The third-order valence-corrected chi connectivity index (χ3v) is 4.57. The lowest BCUT2D eigenvalue weighted by Crippen LogP contribution is -2.21. The average Bonchev–Trinajstić information content (AvgIpc) is 2.45. The lowest BCUT2D eigenvalue weighted by atomic mass is 10.1. The van der Waals surface area contributed by atoms with Gasteiger partial charge in [-0.25, -0.2) is 0 Å². The molecule has 0 heterocycles. The molecule has 1 aliphatic carbocycles. The third-order valence-electron chi connectivity index (χ3n) is 3.19. The molecule has 0 aromatic heterocycles. The molecule has 2 atom stereocenters. The van der Waals surface area contributed by atoms with Gasteiger partial charge in [-0.15, -0.1) is 11.8 Å². The SMILES string of the molecule is Cc1cccc(SC2CCCCCC2O)c1. The number of hydrogen-bond donors (Lipinski definition) is 1. The minimum absolute atomic E-state index is 0.118. The Balaban J connectivity index is 2.02. The number of aryl methyl sites for hydroxylation is 1. The number of aliphatic hydroxyl groups excluding tert-OH is 1. The van der Waals surface area contributed by atoms with Gasteiger partial charge in [-0.2, -0.15) is 0 Å². The third kappa shape index (κ3) is 3.26. The molecular formula is C14H20OS. The Morgan fingerprint density at radius 1 is 1.19 bits per heavy atom. The average molecular weight is 236 g/mol. The Morgan fingerprint density at radius 2 is 2.00 bits per heavy atom. The van der Waals surface area contributed by atoms with Gasteiger partial charge in [0, 0.05) is 10.1 Å². The molecule has 2 heteroatoms. The van der Waals surface area contributed by atoms with Crippen LogP contribution in [0.3, 0.4) is 0 Å². The van der Waals surface area contributed by atoms with E-state index in [1.54, 1.807) is 0 Å². The Hall–Kier alpha value is -0.470. The second kappa shape index (κ2) is 5.74. The quantitative estimate of drug-likeness (QED) is 0.789. The number of rotatable bonds is 2. The van der Waals surface area contributed by atoms with Crippen molar-refractivity contribution in [1.82, 2.24) is 0 Å². The van der Waals surface area contributed by atoms with Crippen molar-refractivity contribution in [3.05, 3.63) is 29.8 Å². The van der Waals surface area contributed by atoms with E-state index in [0.29, 0.717) is 5.25 Å². The summed E-state index contributed by atoms with van der Waals surface area (Å²) in [6, 6.07) is 8.58. The molecule has 88 valence electrons. The lowest BCUT2D eigenvalue weighted by Gasteiger charge is -2.19. The van der Waals surface area contributed by atoms with Gasteiger partial charge in [-0.3, -0.25) is 0 Å². The van der Waals surface area contributed by atoms with E-state index < -0.39 is 0 Å². The molecule has 2 rings (SSSR count). The zero-order valence-electron chi connectivity index (χ0n) is 9.86. The molecule has 0 bridgehead atoms. The molecule has 1 N–H and O–H groups in total. The zero-order valence-corrected chi connectivity index (χ0v) is 10.7. The van der Waals surface area contributed by atoms with Gasteiger partial charge < -0.3 is 5.11 Å². The van der Waals surface area contributed by atoms with E-state index in [-0.39, 0.29) is 6.10 Å². The Kier molecular flexibility index (Phi) is 4.30. The highest BCUT2D eigenvalue weighted by atomic mass is 32.2. The van der Waals surface area contributed by atoms with Gasteiger partial charge in [0.05, 0.1) is 6.10 Å². The van der Waals surface area contributed by atoms with Crippen molar-refractivity contribution >= 4 is 11.8 Å². The van der Waals surface area contributed by atoms with Crippen LogP contribution in [0.5, 0.6) is 0 Å². The van der Waals surface area contributed by atoms with Crippen LogP contribution in [-0.4, -0.2) is 16.5 Å². The van der Waals surface area contributed by atoms with Gasteiger partial charge in [0.1, 0.15) is 0 Å². The van der Waals surface area contributed by atoms with Crippen LogP contribution in [0.15, 0.2) is 29.2 Å². The molecule has 0 radical (unpaired) electrons. The molecule has 1 fully saturated rings. The van der Waals surface area contributed by atoms with Crippen molar-refractivity contribution in [2.24, 2.45) is 0 Å². The van der Waals surface area contributed by atoms with Crippen LogP contribution in [0.25, 0.3) is 0 Å². The molecule has 0 spiro atoms. The molecule has 1 aromatic carbocycles. The largest absolute Gasteiger partial charge is 0.392 e. The highest BCUT2D eigenvalue weighted by Gasteiger charge is 2.22. The number of hydrogen-bond acceptors (Lipinski definition) is 2. The first kappa shape index (κ1) is 12.0. The van der Waals surface area contributed by atoms with E-state index in [4.69, 9.17) is 0 Å². The summed E-state index contributed by atoms with van der Waals surface area (Å²) in [4.78, 5) is 1.30.